The Hall–Kier alpha value is -0.590. The highest BCUT2D eigenvalue weighted by atomic mass is 79.9. The van der Waals surface area contributed by atoms with E-state index in [1.54, 1.807) is 18.2 Å². The molecular weight excluding hydrogens is 471 g/mol. The van der Waals surface area contributed by atoms with Crippen molar-refractivity contribution >= 4 is 47.8 Å². The maximum absolute atomic E-state index is 14.1. The monoisotopic (exact) mass is 480 g/mol. The lowest BCUT2D eigenvalue weighted by Crippen LogP contribution is -2.01. The van der Waals surface area contributed by atoms with E-state index in [1.807, 2.05) is 12.1 Å². The van der Waals surface area contributed by atoms with Crippen molar-refractivity contribution in [2.24, 2.45) is 0 Å². The van der Waals surface area contributed by atoms with Gasteiger partial charge in [0.05, 0.1) is 16.1 Å². The molecule has 0 heterocycles. The molecule has 2 nitrogen and oxygen atoms in total. The Morgan fingerprint density at radius 1 is 1.14 bits per heavy atom. The largest absolute Gasteiger partial charge is 0.494 e. The van der Waals surface area contributed by atoms with Gasteiger partial charge in [-0.05, 0) is 55.6 Å². The highest BCUT2D eigenvalue weighted by molar-refractivity contribution is 9.11. The van der Waals surface area contributed by atoms with E-state index in [-0.39, 0.29) is 12.4 Å². The zero-order valence-corrected chi connectivity index (χ0v) is 15.9. The average Bonchev–Trinajstić information content (AvgIpc) is 2.47. The van der Waals surface area contributed by atoms with Crippen molar-refractivity contribution in [2.75, 3.05) is 7.11 Å². The van der Waals surface area contributed by atoms with E-state index in [4.69, 9.17) is 9.47 Å². The molecule has 0 saturated heterocycles. The first-order valence-electron chi connectivity index (χ1n) is 6.05. The topological polar surface area (TPSA) is 18.5 Å². The maximum Gasteiger partial charge on any atom is 0.171 e. The molecule has 0 aliphatic heterocycles. The molecule has 0 fully saturated rings. The quantitative estimate of drug-likeness (QED) is 0.499. The van der Waals surface area contributed by atoms with E-state index < -0.39 is 5.82 Å². The zero-order chi connectivity index (χ0) is 15.4. The lowest BCUT2D eigenvalue weighted by atomic mass is 10.2. The van der Waals surface area contributed by atoms with Crippen LogP contribution in [0.5, 0.6) is 11.5 Å². The Labute approximate surface area is 148 Å². The highest BCUT2D eigenvalue weighted by Crippen LogP contribution is 2.36. The van der Waals surface area contributed by atoms with Gasteiger partial charge in [-0.25, -0.2) is 4.39 Å². The number of ether oxygens (including phenoxy) is 2. The Morgan fingerprint density at radius 3 is 2.38 bits per heavy atom. The SMILES string of the molecule is COc1cccc(COc2c(Br)cc(CBr)cc2Br)c1F. The first kappa shape index (κ1) is 16.8. The van der Waals surface area contributed by atoms with E-state index in [0.717, 1.165) is 19.8 Å². The van der Waals surface area contributed by atoms with Gasteiger partial charge >= 0.3 is 0 Å². The lowest BCUT2D eigenvalue weighted by molar-refractivity contribution is 0.292. The maximum atomic E-state index is 14.1. The molecule has 2 rings (SSSR count). The molecule has 0 N–H and O–H groups in total. The van der Waals surface area contributed by atoms with Crippen molar-refractivity contribution in [3.63, 3.8) is 0 Å². The third-order valence-corrected chi connectivity index (χ3v) is 4.67. The molecular formula is C15H12Br3FO2. The van der Waals surface area contributed by atoms with Crippen LogP contribution < -0.4 is 9.47 Å². The molecule has 0 aliphatic rings. The molecule has 0 radical (unpaired) electrons. The second-order valence-electron chi connectivity index (χ2n) is 4.24. The van der Waals surface area contributed by atoms with Crippen molar-refractivity contribution < 1.29 is 13.9 Å². The number of rotatable bonds is 5. The predicted octanol–water partition coefficient (Wildman–Crippen LogP) is 5.83. The fourth-order valence-corrected chi connectivity index (χ4v) is 3.64. The van der Waals surface area contributed by atoms with E-state index in [0.29, 0.717) is 11.3 Å². The van der Waals surface area contributed by atoms with Crippen LogP contribution in [0.4, 0.5) is 4.39 Å². The van der Waals surface area contributed by atoms with Gasteiger partial charge in [-0.3, -0.25) is 0 Å². The zero-order valence-electron chi connectivity index (χ0n) is 11.1. The van der Waals surface area contributed by atoms with Crippen molar-refractivity contribution in [3.05, 3.63) is 56.2 Å². The second-order valence-corrected chi connectivity index (χ2v) is 6.51. The molecule has 2 aromatic carbocycles. The second kappa shape index (κ2) is 7.61. The molecule has 2 aromatic rings. The van der Waals surface area contributed by atoms with Crippen LogP contribution in [0, 0.1) is 5.82 Å². The van der Waals surface area contributed by atoms with E-state index in [2.05, 4.69) is 47.8 Å². The number of benzene rings is 2. The average molecular weight is 483 g/mol. The molecule has 0 spiro atoms. The molecule has 21 heavy (non-hydrogen) atoms. The van der Waals surface area contributed by atoms with Gasteiger partial charge in [-0.2, -0.15) is 0 Å². The van der Waals surface area contributed by atoms with Gasteiger partial charge in [0.25, 0.3) is 0 Å². The van der Waals surface area contributed by atoms with Crippen LogP contribution in [-0.4, -0.2) is 7.11 Å². The molecule has 6 heteroatoms. The molecule has 0 amide bonds. The van der Waals surface area contributed by atoms with Crippen LogP contribution in [-0.2, 0) is 11.9 Å². The van der Waals surface area contributed by atoms with Crippen LogP contribution in [0.25, 0.3) is 0 Å². The predicted molar refractivity (Wildman–Crippen MR) is 91.8 cm³/mol. The molecule has 0 atom stereocenters. The highest BCUT2D eigenvalue weighted by Gasteiger charge is 2.12. The van der Waals surface area contributed by atoms with Crippen molar-refractivity contribution in [3.8, 4) is 11.5 Å². The van der Waals surface area contributed by atoms with Crippen LogP contribution >= 0.6 is 47.8 Å². The number of methoxy groups -OCH3 is 1. The Bertz CT molecular complexity index is 624. The third-order valence-electron chi connectivity index (χ3n) is 2.85. The van der Waals surface area contributed by atoms with Crippen molar-refractivity contribution in [2.45, 2.75) is 11.9 Å². The third kappa shape index (κ3) is 3.99. The standard InChI is InChI=1S/C15H12Br3FO2/c1-20-13-4-2-3-10(14(13)19)8-21-15-11(17)5-9(7-16)6-12(15)18/h2-6H,7-8H2,1H3. The van der Waals surface area contributed by atoms with E-state index in [9.17, 15) is 4.39 Å². The van der Waals surface area contributed by atoms with E-state index >= 15 is 0 Å². The molecule has 0 aromatic heterocycles. The Morgan fingerprint density at radius 2 is 1.81 bits per heavy atom. The molecule has 0 unspecified atom stereocenters. The summed E-state index contributed by atoms with van der Waals surface area (Å²) < 4.78 is 26.4. The number of hydrogen-bond donors (Lipinski definition) is 0. The summed E-state index contributed by atoms with van der Waals surface area (Å²) in [5, 5.41) is 0.745. The normalized spacial score (nSPS) is 10.5. The summed E-state index contributed by atoms with van der Waals surface area (Å²) in [6.45, 7) is 0.119. The smallest absolute Gasteiger partial charge is 0.171 e. The van der Waals surface area contributed by atoms with Crippen molar-refractivity contribution in [1.82, 2.24) is 0 Å². The van der Waals surface area contributed by atoms with Crippen LogP contribution in [0.2, 0.25) is 0 Å². The summed E-state index contributed by atoms with van der Waals surface area (Å²) >= 11 is 10.3. The Kier molecular flexibility index (Phi) is 6.08. The van der Waals surface area contributed by atoms with Gasteiger partial charge in [0.2, 0.25) is 0 Å². The van der Waals surface area contributed by atoms with Gasteiger partial charge < -0.3 is 9.47 Å². The van der Waals surface area contributed by atoms with Crippen LogP contribution in [0.3, 0.4) is 0 Å². The summed E-state index contributed by atoms with van der Waals surface area (Å²) in [6.07, 6.45) is 0. The van der Waals surface area contributed by atoms with Gasteiger partial charge in [-0.15, -0.1) is 0 Å². The first-order valence-corrected chi connectivity index (χ1v) is 8.75. The van der Waals surface area contributed by atoms with E-state index in [1.165, 1.54) is 7.11 Å². The molecule has 0 aliphatic carbocycles. The minimum Gasteiger partial charge on any atom is -0.494 e. The summed E-state index contributed by atoms with van der Waals surface area (Å²) in [4.78, 5) is 0. The van der Waals surface area contributed by atoms with Gasteiger partial charge in [0.15, 0.2) is 11.6 Å². The fraction of sp³-hybridized carbons (Fsp3) is 0.200. The summed E-state index contributed by atoms with van der Waals surface area (Å²) in [5.41, 5.74) is 1.55. The fourth-order valence-electron chi connectivity index (χ4n) is 1.80. The number of alkyl halides is 1. The van der Waals surface area contributed by atoms with Gasteiger partial charge in [-0.1, -0.05) is 28.1 Å². The van der Waals surface area contributed by atoms with Crippen LogP contribution in [0.15, 0.2) is 39.3 Å². The summed E-state index contributed by atoms with van der Waals surface area (Å²) in [7, 11) is 1.44. The molecule has 0 saturated carbocycles. The van der Waals surface area contributed by atoms with Gasteiger partial charge in [0.1, 0.15) is 12.4 Å². The van der Waals surface area contributed by atoms with Crippen molar-refractivity contribution in [1.29, 1.82) is 0 Å². The number of hydrogen-bond acceptors (Lipinski definition) is 2. The van der Waals surface area contributed by atoms with Crippen LogP contribution in [0.1, 0.15) is 11.1 Å². The minimum absolute atomic E-state index is 0.119. The lowest BCUT2D eigenvalue weighted by Gasteiger charge is -2.13. The first-order chi connectivity index (χ1) is 10.1. The minimum atomic E-state index is -0.399. The number of halogens is 4. The molecule has 112 valence electrons. The Balaban J connectivity index is 2.21. The summed E-state index contributed by atoms with van der Waals surface area (Å²) in [5.74, 6) is 0.454. The van der Waals surface area contributed by atoms with Gasteiger partial charge in [0, 0.05) is 10.9 Å². The summed E-state index contributed by atoms with van der Waals surface area (Å²) in [6, 6.07) is 8.90. The molecule has 0 bridgehead atoms.